The van der Waals surface area contributed by atoms with Crippen LogP contribution in [-0.4, -0.2) is 51.8 Å². The lowest BCUT2D eigenvalue weighted by atomic mass is 10.2. The van der Waals surface area contributed by atoms with E-state index < -0.39 is 11.6 Å². The molecule has 0 spiro atoms. The molecule has 8 heteroatoms. The number of carboxylic acids is 1. The zero-order valence-electron chi connectivity index (χ0n) is 13.5. The topological polar surface area (TPSA) is 118 Å². The zero-order chi connectivity index (χ0) is 17.2. The van der Waals surface area contributed by atoms with Crippen LogP contribution in [0.4, 0.5) is 16.3 Å². The van der Waals surface area contributed by atoms with Crippen LogP contribution in [0.1, 0.15) is 37.7 Å². The first-order valence-electron chi connectivity index (χ1n) is 7.40. The molecule has 2 heterocycles. The molecule has 0 saturated carbocycles. The molecule has 2 rings (SSSR count). The Bertz CT molecular complexity index is 612. The van der Waals surface area contributed by atoms with Crippen LogP contribution in [0.25, 0.3) is 0 Å². The summed E-state index contributed by atoms with van der Waals surface area (Å²) in [6.45, 7) is 6.47. The Kier molecular flexibility index (Phi) is 4.63. The summed E-state index contributed by atoms with van der Waals surface area (Å²) in [4.78, 5) is 28.6. The molecule has 1 aromatic rings. The van der Waals surface area contributed by atoms with Crippen LogP contribution >= 0.6 is 0 Å². The third kappa shape index (κ3) is 4.48. The lowest BCUT2D eigenvalue weighted by Crippen LogP contribution is -2.36. The van der Waals surface area contributed by atoms with Gasteiger partial charge in [-0.3, -0.25) is 0 Å². The van der Waals surface area contributed by atoms with E-state index in [0.717, 1.165) is 0 Å². The van der Waals surface area contributed by atoms with E-state index in [1.807, 2.05) is 20.8 Å². The van der Waals surface area contributed by atoms with Crippen LogP contribution in [-0.2, 0) is 4.74 Å². The number of likely N-dealkylation sites (tertiary alicyclic amines) is 1. The average molecular weight is 322 g/mol. The van der Waals surface area contributed by atoms with Crippen LogP contribution < -0.4 is 11.1 Å². The van der Waals surface area contributed by atoms with Gasteiger partial charge in [-0.2, -0.15) is 0 Å². The van der Waals surface area contributed by atoms with Crippen molar-refractivity contribution in [3.05, 3.63) is 17.8 Å². The third-order valence-electron chi connectivity index (χ3n) is 3.33. The van der Waals surface area contributed by atoms with Gasteiger partial charge in [-0.05, 0) is 39.3 Å². The molecule has 0 aromatic carbocycles. The number of aromatic nitrogens is 1. The minimum Gasteiger partial charge on any atom is -0.477 e. The Labute approximate surface area is 134 Å². The predicted molar refractivity (Wildman–Crippen MR) is 85.4 cm³/mol. The summed E-state index contributed by atoms with van der Waals surface area (Å²) in [6, 6.07) is 2.80. The summed E-state index contributed by atoms with van der Waals surface area (Å²) in [7, 11) is 0. The number of ether oxygens (including phenoxy) is 1. The van der Waals surface area contributed by atoms with E-state index in [2.05, 4.69) is 10.3 Å². The Morgan fingerprint density at radius 2 is 2.13 bits per heavy atom. The van der Waals surface area contributed by atoms with Crippen LogP contribution in [0, 0.1) is 0 Å². The smallest absolute Gasteiger partial charge is 0.410 e. The number of aromatic carboxylic acids is 1. The minimum atomic E-state index is -1.12. The van der Waals surface area contributed by atoms with E-state index in [9.17, 15) is 9.59 Å². The first-order chi connectivity index (χ1) is 10.7. The highest BCUT2D eigenvalue weighted by molar-refractivity contribution is 5.86. The molecule has 1 atom stereocenters. The Hall–Kier alpha value is -2.51. The number of nitrogens with two attached hydrogens (primary N) is 1. The van der Waals surface area contributed by atoms with E-state index >= 15 is 0 Å². The number of pyridine rings is 1. The van der Waals surface area contributed by atoms with Crippen LogP contribution in [0.2, 0.25) is 0 Å². The molecule has 126 valence electrons. The van der Waals surface area contributed by atoms with Crippen LogP contribution in [0.15, 0.2) is 12.1 Å². The second-order valence-corrected chi connectivity index (χ2v) is 6.50. The predicted octanol–water partition coefficient (Wildman–Crippen LogP) is 1.78. The second-order valence-electron chi connectivity index (χ2n) is 6.50. The van der Waals surface area contributed by atoms with Crippen LogP contribution in [0.3, 0.4) is 0 Å². The van der Waals surface area contributed by atoms with E-state index in [4.69, 9.17) is 15.6 Å². The molecule has 1 saturated heterocycles. The van der Waals surface area contributed by atoms with E-state index in [1.54, 1.807) is 4.90 Å². The molecule has 1 aromatic heterocycles. The first-order valence-corrected chi connectivity index (χ1v) is 7.40. The van der Waals surface area contributed by atoms with E-state index in [1.165, 1.54) is 12.1 Å². The molecule has 1 fully saturated rings. The number of anilines is 2. The third-order valence-corrected chi connectivity index (χ3v) is 3.33. The van der Waals surface area contributed by atoms with Crippen molar-refractivity contribution in [2.75, 3.05) is 24.1 Å². The highest BCUT2D eigenvalue weighted by Gasteiger charge is 2.30. The molecule has 1 amide bonds. The van der Waals surface area contributed by atoms with Crippen molar-refractivity contribution < 1.29 is 19.4 Å². The summed E-state index contributed by atoms with van der Waals surface area (Å²) < 4.78 is 5.34. The number of carbonyl (C=O) groups excluding carboxylic acids is 1. The SMILES string of the molecule is CC(C)(C)OC(=O)N1CC[C@H](Nc2nc(C(=O)O)ccc2N)C1. The fourth-order valence-corrected chi connectivity index (χ4v) is 2.27. The van der Waals surface area contributed by atoms with Gasteiger partial charge in [0.25, 0.3) is 0 Å². The second kappa shape index (κ2) is 6.31. The lowest BCUT2D eigenvalue weighted by Gasteiger charge is -2.24. The van der Waals surface area contributed by atoms with Gasteiger partial charge in [-0.1, -0.05) is 0 Å². The van der Waals surface area contributed by atoms with Gasteiger partial charge in [0.1, 0.15) is 11.4 Å². The van der Waals surface area contributed by atoms with Crippen molar-refractivity contribution in [2.45, 2.75) is 38.8 Å². The van der Waals surface area contributed by atoms with Crippen molar-refractivity contribution >= 4 is 23.6 Å². The monoisotopic (exact) mass is 322 g/mol. The number of hydrogen-bond acceptors (Lipinski definition) is 6. The molecular formula is C15H22N4O4. The average Bonchev–Trinajstić information content (AvgIpc) is 2.88. The molecule has 4 N–H and O–H groups in total. The maximum Gasteiger partial charge on any atom is 0.410 e. The maximum absolute atomic E-state index is 12.0. The van der Waals surface area contributed by atoms with Gasteiger partial charge in [0.2, 0.25) is 0 Å². The van der Waals surface area contributed by atoms with Gasteiger partial charge < -0.3 is 25.8 Å². The number of nitrogens with one attached hydrogen (secondary N) is 1. The van der Waals surface area contributed by atoms with Crippen molar-refractivity contribution in [3.8, 4) is 0 Å². The summed E-state index contributed by atoms with van der Waals surface area (Å²) in [6.07, 6.45) is 0.347. The molecule has 1 aliphatic heterocycles. The largest absolute Gasteiger partial charge is 0.477 e. The number of carboxylic acid groups (broad SMARTS) is 1. The van der Waals surface area contributed by atoms with Crippen LogP contribution in [0.5, 0.6) is 0 Å². The number of nitrogen functional groups attached to an aromatic ring is 1. The molecular weight excluding hydrogens is 300 g/mol. The van der Waals surface area contributed by atoms with Gasteiger partial charge in [0, 0.05) is 19.1 Å². The van der Waals surface area contributed by atoms with Gasteiger partial charge in [0.05, 0.1) is 5.69 Å². The fourth-order valence-electron chi connectivity index (χ4n) is 2.27. The molecule has 0 aliphatic carbocycles. The molecule has 0 unspecified atom stereocenters. The maximum atomic E-state index is 12.0. The fraction of sp³-hybridized carbons (Fsp3) is 0.533. The number of rotatable bonds is 3. The van der Waals surface area contributed by atoms with Crippen molar-refractivity contribution in [1.29, 1.82) is 0 Å². The van der Waals surface area contributed by atoms with Gasteiger partial charge in [-0.25, -0.2) is 14.6 Å². The molecule has 23 heavy (non-hydrogen) atoms. The summed E-state index contributed by atoms with van der Waals surface area (Å²) in [5.74, 6) is -0.796. The van der Waals surface area contributed by atoms with Crippen molar-refractivity contribution in [3.63, 3.8) is 0 Å². The number of nitrogens with zero attached hydrogens (tertiary/aromatic N) is 2. The standard InChI is InChI=1S/C15H22N4O4/c1-15(2,3)23-14(22)19-7-6-9(8-19)17-12-10(16)4-5-11(18-12)13(20)21/h4-5,9H,6-8,16H2,1-3H3,(H,17,18)(H,20,21)/t9-/m0/s1. The Morgan fingerprint density at radius 3 is 2.74 bits per heavy atom. The van der Waals surface area contributed by atoms with Crippen molar-refractivity contribution in [1.82, 2.24) is 9.88 Å². The van der Waals surface area contributed by atoms with Gasteiger partial charge in [0.15, 0.2) is 5.69 Å². The van der Waals surface area contributed by atoms with Gasteiger partial charge >= 0.3 is 12.1 Å². The summed E-state index contributed by atoms with van der Waals surface area (Å²) >= 11 is 0. The lowest BCUT2D eigenvalue weighted by molar-refractivity contribution is 0.0293. The van der Waals surface area contributed by atoms with E-state index in [0.29, 0.717) is 31.0 Å². The van der Waals surface area contributed by atoms with E-state index in [-0.39, 0.29) is 17.8 Å². The Balaban J connectivity index is 1.99. The normalized spacial score (nSPS) is 17.9. The van der Waals surface area contributed by atoms with Crippen molar-refractivity contribution in [2.24, 2.45) is 0 Å². The summed E-state index contributed by atoms with van der Waals surface area (Å²) in [5.41, 5.74) is 5.57. The number of carbonyl (C=O) groups is 2. The number of amides is 1. The molecule has 8 nitrogen and oxygen atoms in total. The quantitative estimate of drug-likeness (QED) is 0.776. The number of hydrogen-bond donors (Lipinski definition) is 3. The molecule has 1 aliphatic rings. The molecule has 0 bridgehead atoms. The zero-order valence-corrected chi connectivity index (χ0v) is 13.5. The minimum absolute atomic E-state index is 0.0543. The highest BCUT2D eigenvalue weighted by atomic mass is 16.6. The summed E-state index contributed by atoms with van der Waals surface area (Å²) in [5, 5.41) is 12.1. The highest BCUT2D eigenvalue weighted by Crippen LogP contribution is 2.21. The Morgan fingerprint density at radius 1 is 1.43 bits per heavy atom. The first kappa shape index (κ1) is 16.9. The van der Waals surface area contributed by atoms with Gasteiger partial charge in [-0.15, -0.1) is 0 Å². The molecule has 0 radical (unpaired) electrons.